The SMILES string of the molecule is CC1CC(C)CC(C(O)c2cc(F)cc(C(F)(F)F)c2)C1. The second-order valence-corrected chi connectivity index (χ2v) is 6.39. The molecule has 1 N–H and O–H groups in total. The van der Waals surface area contributed by atoms with Gasteiger partial charge in [-0.05, 0) is 60.8 Å². The van der Waals surface area contributed by atoms with Crippen LogP contribution >= 0.6 is 0 Å². The fourth-order valence-corrected chi connectivity index (χ4v) is 3.49. The molecule has 1 aromatic carbocycles. The van der Waals surface area contributed by atoms with Gasteiger partial charge in [0.05, 0.1) is 11.7 Å². The van der Waals surface area contributed by atoms with E-state index in [0.717, 1.165) is 31.4 Å². The molecule has 1 nitrogen and oxygen atoms in total. The molecule has 0 radical (unpaired) electrons. The third kappa shape index (κ3) is 3.96. The molecule has 3 unspecified atom stereocenters. The van der Waals surface area contributed by atoms with Crippen molar-refractivity contribution in [1.82, 2.24) is 0 Å². The van der Waals surface area contributed by atoms with Gasteiger partial charge in [0, 0.05) is 0 Å². The first-order valence-corrected chi connectivity index (χ1v) is 7.22. The van der Waals surface area contributed by atoms with Crippen molar-refractivity contribution < 1.29 is 22.7 Å². The van der Waals surface area contributed by atoms with Crippen LogP contribution in [0.15, 0.2) is 18.2 Å². The van der Waals surface area contributed by atoms with Crippen molar-refractivity contribution in [3.8, 4) is 0 Å². The molecule has 0 spiro atoms. The van der Waals surface area contributed by atoms with Gasteiger partial charge >= 0.3 is 6.18 Å². The minimum absolute atomic E-state index is 0.0219. The Balaban J connectivity index is 2.26. The van der Waals surface area contributed by atoms with Crippen molar-refractivity contribution in [2.45, 2.75) is 45.4 Å². The average Bonchev–Trinajstić information content (AvgIpc) is 2.35. The number of hydrogen-bond acceptors (Lipinski definition) is 1. The first-order valence-electron chi connectivity index (χ1n) is 7.22. The zero-order chi connectivity index (χ0) is 15.8. The van der Waals surface area contributed by atoms with Crippen LogP contribution in [0.3, 0.4) is 0 Å². The summed E-state index contributed by atoms with van der Waals surface area (Å²) >= 11 is 0. The quantitative estimate of drug-likeness (QED) is 0.766. The molecule has 1 saturated carbocycles. The van der Waals surface area contributed by atoms with Crippen molar-refractivity contribution in [2.75, 3.05) is 0 Å². The van der Waals surface area contributed by atoms with Crippen LogP contribution in [0, 0.1) is 23.6 Å². The molecule has 0 amide bonds. The van der Waals surface area contributed by atoms with Gasteiger partial charge < -0.3 is 5.11 Å². The molecule has 1 aromatic rings. The van der Waals surface area contributed by atoms with E-state index < -0.39 is 23.7 Å². The summed E-state index contributed by atoms with van der Waals surface area (Å²) in [4.78, 5) is 0. The van der Waals surface area contributed by atoms with E-state index in [4.69, 9.17) is 0 Å². The van der Waals surface area contributed by atoms with Gasteiger partial charge in [-0.15, -0.1) is 0 Å². The Morgan fingerprint density at radius 1 is 1.05 bits per heavy atom. The summed E-state index contributed by atoms with van der Waals surface area (Å²) in [6.45, 7) is 4.14. The smallest absolute Gasteiger partial charge is 0.388 e. The Morgan fingerprint density at radius 2 is 1.62 bits per heavy atom. The number of benzene rings is 1. The highest BCUT2D eigenvalue weighted by atomic mass is 19.4. The molecule has 2 rings (SSSR count). The van der Waals surface area contributed by atoms with Gasteiger partial charge in [-0.2, -0.15) is 13.2 Å². The number of aliphatic hydroxyl groups is 1. The number of halogens is 4. The highest BCUT2D eigenvalue weighted by Crippen LogP contribution is 2.41. The van der Waals surface area contributed by atoms with Crippen LogP contribution in [0.4, 0.5) is 17.6 Å². The Kier molecular flexibility index (Phi) is 4.61. The van der Waals surface area contributed by atoms with Gasteiger partial charge in [-0.25, -0.2) is 4.39 Å². The van der Waals surface area contributed by atoms with Crippen molar-refractivity contribution in [2.24, 2.45) is 17.8 Å². The van der Waals surface area contributed by atoms with Crippen LogP contribution in [0.5, 0.6) is 0 Å². The Bertz CT molecular complexity index is 488. The molecule has 0 bridgehead atoms. The lowest BCUT2D eigenvalue weighted by Gasteiger charge is -2.34. The van der Waals surface area contributed by atoms with E-state index in [1.807, 2.05) is 0 Å². The largest absolute Gasteiger partial charge is 0.416 e. The zero-order valence-corrected chi connectivity index (χ0v) is 12.1. The third-order valence-corrected chi connectivity index (χ3v) is 4.25. The molecule has 3 atom stereocenters. The average molecular weight is 304 g/mol. The lowest BCUT2D eigenvalue weighted by molar-refractivity contribution is -0.137. The Labute approximate surface area is 122 Å². The van der Waals surface area contributed by atoms with Crippen LogP contribution < -0.4 is 0 Å². The maximum Gasteiger partial charge on any atom is 0.416 e. The van der Waals surface area contributed by atoms with E-state index in [1.54, 1.807) is 0 Å². The molecule has 1 aliphatic rings. The number of alkyl halides is 3. The van der Waals surface area contributed by atoms with Crippen molar-refractivity contribution >= 4 is 0 Å². The molecule has 0 aliphatic heterocycles. The van der Waals surface area contributed by atoms with Gasteiger partial charge in [0.1, 0.15) is 5.82 Å². The predicted molar refractivity (Wildman–Crippen MR) is 72.0 cm³/mol. The van der Waals surface area contributed by atoms with E-state index in [-0.39, 0.29) is 11.5 Å². The van der Waals surface area contributed by atoms with E-state index in [0.29, 0.717) is 17.9 Å². The molecule has 21 heavy (non-hydrogen) atoms. The second kappa shape index (κ2) is 5.95. The maximum absolute atomic E-state index is 13.4. The molecular weight excluding hydrogens is 284 g/mol. The minimum atomic E-state index is -4.61. The van der Waals surface area contributed by atoms with E-state index in [2.05, 4.69) is 13.8 Å². The van der Waals surface area contributed by atoms with Crippen LogP contribution in [-0.2, 0) is 6.18 Å². The molecule has 1 fully saturated rings. The Hall–Kier alpha value is -1.10. The summed E-state index contributed by atoms with van der Waals surface area (Å²) in [5, 5.41) is 10.4. The van der Waals surface area contributed by atoms with Gasteiger partial charge in [-0.3, -0.25) is 0 Å². The predicted octanol–water partition coefficient (Wildman–Crippen LogP) is 4.95. The molecule has 1 aliphatic carbocycles. The lowest BCUT2D eigenvalue weighted by Crippen LogP contribution is -2.25. The van der Waals surface area contributed by atoms with E-state index >= 15 is 0 Å². The van der Waals surface area contributed by atoms with Gasteiger partial charge in [-0.1, -0.05) is 13.8 Å². The highest BCUT2D eigenvalue weighted by molar-refractivity contribution is 5.28. The van der Waals surface area contributed by atoms with Crippen LogP contribution in [0.25, 0.3) is 0 Å². The fourth-order valence-electron chi connectivity index (χ4n) is 3.49. The molecular formula is C16H20F4O. The summed E-state index contributed by atoms with van der Waals surface area (Å²) in [7, 11) is 0. The normalized spacial score (nSPS) is 28.4. The second-order valence-electron chi connectivity index (χ2n) is 6.39. The van der Waals surface area contributed by atoms with Crippen molar-refractivity contribution in [3.05, 3.63) is 35.1 Å². The van der Waals surface area contributed by atoms with Crippen molar-refractivity contribution in [1.29, 1.82) is 0 Å². The lowest BCUT2D eigenvalue weighted by atomic mass is 9.73. The standard InChI is InChI=1S/C16H20F4O/c1-9-3-10(2)5-11(4-9)15(21)12-6-13(16(18,19)20)8-14(17)7-12/h6-11,15,21H,3-5H2,1-2H3. The van der Waals surface area contributed by atoms with Crippen LogP contribution in [0.1, 0.15) is 50.3 Å². The summed E-state index contributed by atoms with van der Waals surface area (Å²) in [5.41, 5.74) is -1.03. The van der Waals surface area contributed by atoms with Gasteiger partial charge in [0.25, 0.3) is 0 Å². The molecule has 5 heteroatoms. The minimum Gasteiger partial charge on any atom is -0.388 e. The molecule has 0 heterocycles. The molecule has 118 valence electrons. The topological polar surface area (TPSA) is 20.2 Å². The number of rotatable bonds is 2. The zero-order valence-electron chi connectivity index (χ0n) is 12.1. The number of aliphatic hydroxyl groups excluding tert-OH is 1. The summed E-state index contributed by atoms with van der Waals surface area (Å²) < 4.78 is 51.6. The third-order valence-electron chi connectivity index (χ3n) is 4.25. The van der Waals surface area contributed by atoms with E-state index in [1.165, 1.54) is 0 Å². The molecule has 0 aromatic heterocycles. The summed E-state index contributed by atoms with van der Waals surface area (Å²) in [6.07, 6.45) is -3.09. The highest BCUT2D eigenvalue weighted by Gasteiger charge is 2.34. The first-order chi connectivity index (χ1) is 9.66. The van der Waals surface area contributed by atoms with Crippen LogP contribution in [0.2, 0.25) is 0 Å². The Morgan fingerprint density at radius 3 is 2.14 bits per heavy atom. The first kappa shape index (κ1) is 16.3. The number of hydrogen-bond donors (Lipinski definition) is 1. The van der Waals surface area contributed by atoms with E-state index in [9.17, 15) is 22.7 Å². The fraction of sp³-hybridized carbons (Fsp3) is 0.625. The monoisotopic (exact) mass is 304 g/mol. The maximum atomic E-state index is 13.4. The summed E-state index contributed by atoms with van der Waals surface area (Å²) in [5.74, 6) is -0.240. The molecule has 0 saturated heterocycles. The van der Waals surface area contributed by atoms with Crippen molar-refractivity contribution in [3.63, 3.8) is 0 Å². The van der Waals surface area contributed by atoms with Gasteiger partial charge in [0.15, 0.2) is 0 Å². The summed E-state index contributed by atoms with van der Waals surface area (Å²) in [6, 6.07) is 2.32. The van der Waals surface area contributed by atoms with Gasteiger partial charge in [0.2, 0.25) is 0 Å². The van der Waals surface area contributed by atoms with Crippen LogP contribution in [-0.4, -0.2) is 5.11 Å².